The molecule has 0 aromatic heterocycles. The highest BCUT2D eigenvalue weighted by Gasteiger charge is 2.61. The molecule has 0 spiro atoms. The van der Waals surface area contributed by atoms with E-state index in [0.717, 1.165) is 57.4 Å². The van der Waals surface area contributed by atoms with Crippen molar-refractivity contribution >= 4 is 17.7 Å². The van der Waals surface area contributed by atoms with Crippen LogP contribution in [0.5, 0.6) is 0 Å². The lowest BCUT2D eigenvalue weighted by molar-refractivity contribution is -0.144. The number of aliphatic carboxylic acids is 1. The van der Waals surface area contributed by atoms with Gasteiger partial charge in [-0.3, -0.25) is 14.4 Å². The van der Waals surface area contributed by atoms with Gasteiger partial charge < -0.3 is 14.9 Å². The van der Waals surface area contributed by atoms with Gasteiger partial charge in [0.2, 0.25) is 5.91 Å². The van der Waals surface area contributed by atoms with Crippen LogP contribution in [-0.4, -0.2) is 58.7 Å². The van der Waals surface area contributed by atoms with Crippen molar-refractivity contribution in [3.63, 3.8) is 0 Å². The van der Waals surface area contributed by atoms with Crippen molar-refractivity contribution in [3.8, 4) is 0 Å². The smallest absolute Gasteiger partial charge is 0.305 e. The molecule has 1 saturated heterocycles. The number of carbonyl (C=O) groups excluding carboxylic acids is 2. The number of carboxylic acids is 1. The molecule has 6 nitrogen and oxygen atoms in total. The van der Waals surface area contributed by atoms with Crippen molar-refractivity contribution < 1.29 is 19.5 Å². The maximum atomic E-state index is 13.4. The van der Waals surface area contributed by atoms with E-state index in [9.17, 15) is 19.5 Å². The van der Waals surface area contributed by atoms with Crippen molar-refractivity contribution in [2.75, 3.05) is 26.2 Å². The Morgan fingerprint density at radius 3 is 2.50 bits per heavy atom. The van der Waals surface area contributed by atoms with Gasteiger partial charge in [0.25, 0.3) is 0 Å². The molecule has 1 amide bonds. The summed E-state index contributed by atoms with van der Waals surface area (Å²) in [5.74, 6) is 1.23. The van der Waals surface area contributed by atoms with Crippen LogP contribution in [-0.2, 0) is 14.4 Å². The molecule has 3 aliphatic carbocycles. The molecule has 4 rings (SSSR count). The predicted octanol–water partition coefficient (Wildman–Crippen LogP) is 3.96. The number of nitrogens with zero attached hydrogens (tertiary/aromatic N) is 2. The number of hydrogen-bond acceptors (Lipinski definition) is 4. The minimum atomic E-state index is -0.796. The van der Waals surface area contributed by atoms with Crippen LogP contribution < -0.4 is 0 Å². The first kappa shape index (κ1) is 23.3. The number of carboxylic acid groups (broad SMARTS) is 1. The van der Waals surface area contributed by atoms with E-state index in [-0.39, 0.29) is 29.0 Å². The Labute approximate surface area is 192 Å². The first-order valence-corrected chi connectivity index (χ1v) is 12.7. The molecule has 0 radical (unpaired) electrons. The molecule has 1 unspecified atom stereocenters. The second-order valence-corrected chi connectivity index (χ2v) is 11.1. The molecule has 0 bridgehead atoms. The highest BCUT2D eigenvalue weighted by Crippen LogP contribution is 2.65. The molecule has 178 valence electrons. The van der Waals surface area contributed by atoms with E-state index in [4.69, 9.17) is 0 Å². The summed E-state index contributed by atoms with van der Waals surface area (Å²) in [6, 6.07) is 0. The number of likely N-dealkylation sites (tertiary alicyclic amines) is 1. The molecule has 1 aliphatic heterocycles. The van der Waals surface area contributed by atoms with Crippen molar-refractivity contribution in [1.82, 2.24) is 9.80 Å². The molecule has 0 aromatic rings. The third kappa shape index (κ3) is 3.58. The molecule has 3 fully saturated rings. The van der Waals surface area contributed by atoms with Crippen molar-refractivity contribution in [2.45, 2.75) is 72.6 Å². The van der Waals surface area contributed by atoms with E-state index in [2.05, 4.69) is 32.6 Å². The summed E-state index contributed by atoms with van der Waals surface area (Å²) in [7, 11) is 0. The summed E-state index contributed by atoms with van der Waals surface area (Å²) in [6.07, 6.45) is 7.55. The summed E-state index contributed by atoms with van der Waals surface area (Å²) in [5, 5.41) is 9.32. The highest BCUT2D eigenvalue weighted by atomic mass is 16.4. The van der Waals surface area contributed by atoms with E-state index in [1.54, 1.807) is 0 Å². The molecule has 2 saturated carbocycles. The molecule has 4 aliphatic rings. The van der Waals surface area contributed by atoms with Crippen molar-refractivity contribution in [2.24, 2.45) is 34.5 Å². The van der Waals surface area contributed by atoms with Crippen LogP contribution in [0.1, 0.15) is 72.6 Å². The summed E-state index contributed by atoms with van der Waals surface area (Å²) in [4.78, 5) is 41.3. The molecule has 6 heteroatoms. The zero-order valence-corrected chi connectivity index (χ0v) is 20.2. The average molecular weight is 445 g/mol. The molecule has 0 aromatic carbocycles. The van der Waals surface area contributed by atoms with Gasteiger partial charge in [-0.2, -0.15) is 0 Å². The lowest BCUT2D eigenvalue weighted by Crippen LogP contribution is -2.58. The van der Waals surface area contributed by atoms with E-state index in [0.29, 0.717) is 36.6 Å². The number of allylic oxidation sites excluding steroid dienone is 2. The second kappa shape index (κ2) is 8.49. The van der Waals surface area contributed by atoms with Gasteiger partial charge in [-0.25, -0.2) is 0 Å². The van der Waals surface area contributed by atoms with Crippen LogP contribution >= 0.6 is 0 Å². The van der Waals surface area contributed by atoms with Crippen LogP contribution in [0.4, 0.5) is 0 Å². The molecule has 1 heterocycles. The van der Waals surface area contributed by atoms with E-state index >= 15 is 0 Å². The Bertz CT molecular complexity index is 819. The number of ketones is 1. The standard InChI is InChI=1S/C26H40N2O4/c1-5-27(6-2)24(32)21-8-7-19-18-16-28(14-11-23(30)31)22-15-17(29)9-12-26(22,4)20(18)10-13-25(19,21)3/h15,18-21H,5-14,16H2,1-4H3,(H,30,31)/t18-,19-,20+,21?,25-,26+/m0/s1. The van der Waals surface area contributed by atoms with Gasteiger partial charge in [-0.15, -0.1) is 0 Å². The highest BCUT2D eigenvalue weighted by molar-refractivity contribution is 5.91. The van der Waals surface area contributed by atoms with Gasteiger partial charge in [-0.1, -0.05) is 13.8 Å². The third-order valence-electron chi connectivity index (χ3n) is 9.77. The predicted molar refractivity (Wildman–Crippen MR) is 123 cm³/mol. The summed E-state index contributed by atoms with van der Waals surface area (Å²) < 4.78 is 0. The maximum Gasteiger partial charge on any atom is 0.305 e. The Morgan fingerprint density at radius 2 is 1.84 bits per heavy atom. The number of fused-ring (bicyclic) bond motifs is 5. The number of amides is 1. The van der Waals surface area contributed by atoms with Crippen LogP contribution in [0, 0.1) is 34.5 Å². The average Bonchev–Trinajstić information content (AvgIpc) is 3.11. The van der Waals surface area contributed by atoms with Gasteiger partial charge in [-0.05, 0) is 69.1 Å². The Morgan fingerprint density at radius 1 is 1.12 bits per heavy atom. The zero-order chi connectivity index (χ0) is 23.3. The lowest BCUT2D eigenvalue weighted by Gasteiger charge is -2.61. The Kier molecular flexibility index (Phi) is 6.19. The van der Waals surface area contributed by atoms with Crippen LogP contribution in [0.25, 0.3) is 0 Å². The van der Waals surface area contributed by atoms with E-state index in [1.165, 1.54) is 0 Å². The van der Waals surface area contributed by atoms with Gasteiger partial charge in [0.1, 0.15) is 0 Å². The quantitative estimate of drug-likeness (QED) is 0.671. The molecule has 1 N–H and O–H groups in total. The van der Waals surface area contributed by atoms with Gasteiger partial charge in [0, 0.05) is 55.7 Å². The zero-order valence-electron chi connectivity index (χ0n) is 20.2. The SMILES string of the molecule is CCN(CC)C(=O)C1CC[C@H]2[C@@H]3CN(CCC(=O)O)C4=CC(=O)CC[C@]4(C)[C@@H]3CC[C@]12C. The first-order chi connectivity index (χ1) is 15.2. The number of hydrogen-bond donors (Lipinski definition) is 1. The number of carbonyl (C=O) groups is 3. The summed E-state index contributed by atoms with van der Waals surface area (Å²) in [6.45, 7) is 11.6. The fourth-order valence-corrected chi connectivity index (χ4v) is 8.02. The molecule has 32 heavy (non-hydrogen) atoms. The summed E-state index contributed by atoms with van der Waals surface area (Å²) >= 11 is 0. The monoisotopic (exact) mass is 444 g/mol. The van der Waals surface area contributed by atoms with E-state index in [1.807, 2.05) is 11.0 Å². The van der Waals surface area contributed by atoms with Gasteiger partial charge >= 0.3 is 5.97 Å². The number of piperidine rings is 1. The fraction of sp³-hybridized carbons (Fsp3) is 0.808. The summed E-state index contributed by atoms with van der Waals surface area (Å²) in [5.41, 5.74) is 1.02. The second-order valence-electron chi connectivity index (χ2n) is 11.1. The lowest BCUT2D eigenvalue weighted by atomic mass is 9.49. The first-order valence-electron chi connectivity index (χ1n) is 12.7. The van der Waals surface area contributed by atoms with Crippen molar-refractivity contribution in [1.29, 1.82) is 0 Å². The normalized spacial score (nSPS) is 38.4. The minimum absolute atomic E-state index is 0.0152. The van der Waals surface area contributed by atoms with Crippen LogP contribution in [0.3, 0.4) is 0 Å². The fourth-order valence-electron chi connectivity index (χ4n) is 8.02. The minimum Gasteiger partial charge on any atom is -0.481 e. The topological polar surface area (TPSA) is 77.9 Å². The number of rotatable bonds is 6. The Balaban J connectivity index is 1.65. The third-order valence-corrected chi connectivity index (χ3v) is 9.77. The van der Waals surface area contributed by atoms with Gasteiger partial charge in [0.05, 0.1) is 6.42 Å². The Hall–Kier alpha value is -1.85. The molecule has 6 atom stereocenters. The van der Waals surface area contributed by atoms with E-state index < -0.39 is 5.97 Å². The molecular weight excluding hydrogens is 404 g/mol. The maximum absolute atomic E-state index is 13.4. The van der Waals surface area contributed by atoms with Crippen molar-refractivity contribution in [3.05, 3.63) is 11.8 Å². The van der Waals surface area contributed by atoms with Crippen LogP contribution in [0.2, 0.25) is 0 Å². The molecular formula is C26H40N2O4. The largest absolute Gasteiger partial charge is 0.481 e. The van der Waals surface area contributed by atoms with Crippen LogP contribution in [0.15, 0.2) is 11.8 Å². The van der Waals surface area contributed by atoms with Gasteiger partial charge in [0.15, 0.2) is 5.78 Å².